The van der Waals surface area contributed by atoms with Gasteiger partial charge in [0.1, 0.15) is 4.90 Å². The highest BCUT2D eigenvalue weighted by atomic mass is 79.9. The molecule has 0 aliphatic carbocycles. The van der Waals surface area contributed by atoms with Gasteiger partial charge in [-0.05, 0) is 22.0 Å². The molecule has 0 aliphatic rings. The lowest BCUT2D eigenvalue weighted by Gasteiger charge is -2.19. The largest absolute Gasteiger partial charge is 0.469 e. The number of methoxy groups -OCH3 is 1. The lowest BCUT2D eigenvalue weighted by molar-refractivity contribution is -0.144. The first-order valence-corrected chi connectivity index (χ1v) is 7.67. The van der Waals surface area contributed by atoms with Crippen molar-refractivity contribution in [2.75, 3.05) is 20.7 Å². The summed E-state index contributed by atoms with van der Waals surface area (Å²) in [4.78, 5) is 15.2. The molecule has 6 nitrogen and oxygen atoms in total. The summed E-state index contributed by atoms with van der Waals surface area (Å²) in [5.74, 6) is -0.987. The first-order chi connectivity index (χ1) is 8.78. The summed E-state index contributed by atoms with van der Waals surface area (Å²) < 4.78 is 30.7. The van der Waals surface area contributed by atoms with E-state index in [1.54, 1.807) is 6.92 Å². The quantitative estimate of drug-likeness (QED) is 0.747. The molecule has 0 saturated heterocycles. The summed E-state index contributed by atoms with van der Waals surface area (Å²) >= 11 is 3.17. The standard InChI is InChI=1S/C11H15BrN2O4S/c1-8(11(15)18-3)7-14(2)19(16,17)10-4-9(12)5-13-6-10/h4-6,8H,7H2,1-3H3. The molecule has 0 radical (unpaired) electrons. The number of carbonyl (C=O) groups excluding carboxylic acids is 1. The van der Waals surface area contributed by atoms with Gasteiger partial charge < -0.3 is 4.74 Å². The van der Waals surface area contributed by atoms with Gasteiger partial charge >= 0.3 is 5.97 Å². The number of sulfonamides is 1. The minimum absolute atomic E-state index is 0.0432. The minimum Gasteiger partial charge on any atom is -0.469 e. The van der Waals surface area contributed by atoms with Crippen molar-refractivity contribution in [1.29, 1.82) is 0 Å². The van der Waals surface area contributed by atoms with E-state index in [9.17, 15) is 13.2 Å². The first kappa shape index (κ1) is 16.1. The number of nitrogens with zero attached hydrogens (tertiary/aromatic N) is 2. The molecule has 106 valence electrons. The molecule has 1 unspecified atom stereocenters. The summed E-state index contributed by atoms with van der Waals surface area (Å²) in [6.07, 6.45) is 2.76. The Bertz CT molecular complexity index is 562. The molecule has 0 aliphatic heterocycles. The minimum atomic E-state index is -3.67. The second kappa shape index (κ2) is 6.44. The van der Waals surface area contributed by atoms with Crippen LogP contribution in [0.5, 0.6) is 0 Å². The molecule has 1 atom stereocenters. The summed E-state index contributed by atoms with van der Waals surface area (Å²) in [6.45, 7) is 1.65. The van der Waals surface area contributed by atoms with Gasteiger partial charge in [-0.3, -0.25) is 9.78 Å². The predicted octanol–water partition coefficient (Wildman–Crippen LogP) is 1.27. The molecule has 1 heterocycles. The topological polar surface area (TPSA) is 76.6 Å². The number of hydrogen-bond acceptors (Lipinski definition) is 5. The second-order valence-corrected chi connectivity index (χ2v) is 7.01. The molecule has 1 rings (SSSR count). The van der Waals surface area contributed by atoms with Crippen molar-refractivity contribution in [3.8, 4) is 0 Å². The molecular weight excluding hydrogens is 336 g/mol. The van der Waals surface area contributed by atoms with E-state index < -0.39 is 21.9 Å². The van der Waals surface area contributed by atoms with Gasteiger partial charge in [0.2, 0.25) is 10.0 Å². The smallest absolute Gasteiger partial charge is 0.309 e. The molecule has 19 heavy (non-hydrogen) atoms. The number of ether oxygens (including phenoxy) is 1. The van der Waals surface area contributed by atoms with Crippen LogP contribution in [0, 0.1) is 5.92 Å². The molecule has 8 heteroatoms. The fourth-order valence-corrected chi connectivity index (χ4v) is 3.24. The van der Waals surface area contributed by atoms with Crippen molar-refractivity contribution in [2.45, 2.75) is 11.8 Å². The van der Waals surface area contributed by atoms with Crippen molar-refractivity contribution < 1.29 is 17.9 Å². The van der Waals surface area contributed by atoms with Gasteiger partial charge in [-0.15, -0.1) is 0 Å². The van der Waals surface area contributed by atoms with Crippen LogP contribution >= 0.6 is 15.9 Å². The van der Waals surface area contributed by atoms with E-state index in [0.29, 0.717) is 4.47 Å². The molecule has 0 aromatic carbocycles. The third-order valence-electron chi connectivity index (χ3n) is 2.52. The Morgan fingerprint density at radius 3 is 2.68 bits per heavy atom. The van der Waals surface area contributed by atoms with Gasteiger partial charge in [0.05, 0.1) is 13.0 Å². The maximum Gasteiger partial charge on any atom is 0.309 e. The third-order valence-corrected chi connectivity index (χ3v) is 4.74. The van der Waals surface area contributed by atoms with E-state index in [2.05, 4.69) is 25.7 Å². The number of rotatable bonds is 5. The number of halogens is 1. The normalized spacial score (nSPS) is 13.3. The first-order valence-electron chi connectivity index (χ1n) is 5.43. The van der Waals surface area contributed by atoms with Gasteiger partial charge in [0, 0.05) is 30.5 Å². The van der Waals surface area contributed by atoms with Crippen LogP contribution < -0.4 is 0 Å². The Labute approximate surface area is 121 Å². The van der Waals surface area contributed by atoms with E-state index >= 15 is 0 Å². The van der Waals surface area contributed by atoms with Crippen molar-refractivity contribution in [3.63, 3.8) is 0 Å². The van der Waals surface area contributed by atoms with Gasteiger partial charge in [-0.1, -0.05) is 6.92 Å². The van der Waals surface area contributed by atoms with Crippen LogP contribution in [0.2, 0.25) is 0 Å². The lowest BCUT2D eigenvalue weighted by atomic mass is 10.2. The van der Waals surface area contributed by atoms with Crippen LogP contribution in [0.15, 0.2) is 27.8 Å². The SMILES string of the molecule is COC(=O)C(C)CN(C)S(=O)(=O)c1cncc(Br)c1. The Hall–Kier alpha value is -0.990. The van der Waals surface area contributed by atoms with E-state index in [4.69, 9.17) is 0 Å². The highest BCUT2D eigenvalue weighted by molar-refractivity contribution is 9.10. The van der Waals surface area contributed by atoms with Crippen LogP contribution in [0.1, 0.15) is 6.92 Å². The van der Waals surface area contributed by atoms with Crippen LogP contribution in [0.4, 0.5) is 0 Å². The van der Waals surface area contributed by atoms with Gasteiger partial charge in [-0.2, -0.15) is 0 Å². The maximum absolute atomic E-state index is 12.2. The van der Waals surface area contributed by atoms with Crippen LogP contribution in [0.3, 0.4) is 0 Å². The number of hydrogen-bond donors (Lipinski definition) is 0. The van der Waals surface area contributed by atoms with E-state index in [1.807, 2.05) is 0 Å². The Morgan fingerprint density at radius 1 is 1.53 bits per heavy atom. The number of carbonyl (C=O) groups is 1. The van der Waals surface area contributed by atoms with E-state index in [-0.39, 0.29) is 11.4 Å². The highest BCUT2D eigenvalue weighted by Crippen LogP contribution is 2.18. The van der Waals surface area contributed by atoms with Crippen LogP contribution in [0.25, 0.3) is 0 Å². The zero-order chi connectivity index (χ0) is 14.6. The Morgan fingerprint density at radius 2 is 2.16 bits per heavy atom. The summed E-state index contributed by atoms with van der Waals surface area (Å²) in [5, 5.41) is 0. The second-order valence-electron chi connectivity index (χ2n) is 4.05. The number of aromatic nitrogens is 1. The Balaban J connectivity index is 2.92. The third kappa shape index (κ3) is 3.99. The summed E-state index contributed by atoms with van der Waals surface area (Å²) in [5.41, 5.74) is 0. The molecule has 0 spiro atoms. The van der Waals surface area contributed by atoms with Crippen LogP contribution in [-0.2, 0) is 19.6 Å². The summed E-state index contributed by atoms with van der Waals surface area (Å²) in [7, 11) is -0.983. The van der Waals surface area contributed by atoms with Crippen LogP contribution in [-0.4, -0.2) is 44.4 Å². The average molecular weight is 351 g/mol. The molecule has 1 aromatic rings. The zero-order valence-corrected chi connectivity index (χ0v) is 13.2. The van der Waals surface area contributed by atoms with Gasteiger partial charge in [-0.25, -0.2) is 12.7 Å². The van der Waals surface area contributed by atoms with Crippen molar-refractivity contribution >= 4 is 31.9 Å². The van der Waals surface area contributed by atoms with Crippen molar-refractivity contribution in [1.82, 2.24) is 9.29 Å². The maximum atomic E-state index is 12.2. The van der Waals surface area contributed by atoms with Gasteiger partial charge in [0.25, 0.3) is 0 Å². The van der Waals surface area contributed by atoms with E-state index in [0.717, 1.165) is 4.31 Å². The molecule has 0 saturated carbocycles. The lowest BCUT2D eigenvalue weighted by Crippen LogP contribution is -2.34. The average Bonchev–Trinajstić information content (AvgIpc) is 2.37. The molecule has 0 fully saturated rings. The molecule has 0 bridgehead atoms. The van der Waals surface area contributed by atoms with Crippen molar-refractivity contribution in [3.05, 3.63) is 22.9 Å². The van der Waals surface area contributed by atoms with Crippen molar-refractivity contribution in [2.24, 2.45) is 5.92 Å². The number of pyridine rings is 1. The molecular formula is C11H15BrN2O4S. The highest BCUT2D eigenvalue weighted by Gasteiger charge is 2.25. The van der Waals surface area contributed by atoms with E-state index in [1.165, 1.54) is 32.6 Å². The van der Waals surface area contributed by atoms with Gasteiger partial charge in [0.15, 0.2) is 0 Å². The number of esters is 1. The monoisotopic (exact) mass is 350 g/mol. The zero-order valence-electron chi connectivity index (χ0n) is 10.8. The molecule has 0 N–H and O–H groups in total. The molecule has 0 amide bonds. The fraction of sp³-hybridized carbons (Fsp3) is 0.455. The summed E-state index contributed by atoms with van der Waals surface area (Å²) in [6, 6.07) is 1.46. The fourth-order valence-electron chi connectivity index (χ4n) is 1.47. The Kier molecular flexibility index (Phi) is 5.45. The molecule has 1 aromatic heterocycles. The predicted molar refractivity (Wildman–Crippen MR) is 72.9 cm³/mol.